The van der Waals surface area contributed by atoms with Crippen molar-refractivity contribution in [1.82, 2.24) is 20.2 Å². The highest BCUT2D eigenvalue weighted by molar-refractivity contribution is 7.80. The maximum Gasteiger partial charge on any atom is 0.418 e. The van der Waals surface area contributed by atoms with Crippen molar-refractivity contribution >= 4 is 34.3 Å². The van der Waals surface area contributed by atoms with Gasteiger partial charge in [0.1, 0.15) is 11.4 Å². The van der Waals surface area contributed by atoms with E-state index in [1.165, 1.54) is 9.80 Å². The summed E-state index contributed by atoms with van der Waals surface area (Å²) in [5, 5.41) is 11.4. The Morgan fingerprint density at radius 2 is 1.87 bits per heavy atom. The van der Waals surface area contributed by atoms with Crippen LogP contribution in [0.5, 0.6) is 0 Å². The minimum absolute atomic E-state index is 0.104. The Morgan fingerprint density at radius 1 is 1.19 bits per heavy atom. The number of nitrogens with zero attached hydrogens (tertiary/aromatic N) is 3. The largest absolute Gasteiger partial charge is 0.444 e. The van der Waals surface area contributed by atoms with E-state index < -0.39 is 52.0 Å². The second-order valence-corrected chi connectivity index (χ2v) is 9.83. The van der Waals surface area contributed by atoms with Gasteiger partial charge in [-0.25, -0.2) is 9.59 Å². The Balaban J connectivity index is 1.56. The molecule has 0 unspecified atom stereocenters. The van der Waals surface area contributed by atoms with Gasteiger partial charge < -0.3 is 19.9 Å². The van der Waals surface area contributed by atoms with Gasteiger partial charge in [0, 0.05) is 19.6 Å². The van der Waals surface area contributed by atoms with Gasteiger partial charge in [0.25, 0.3) is 0 Å². The van der Waals surface area contributed by atoms with Crippen LogP contribution < -0.4 is 5.32 Å². The van der Waals surface area contributed by atoms with Crippen molar-refractivity contribution in [2.45, 2.75) is 57.7 Å². The molecule has 174 valence electrons. The Hall–Kier alpha value is -2.45. The van der Waals surface area contributed by atoms with Crippen LogP contribution >= 0.6 is 0 Å². The van der Waals surface area contributed by atoms with Crippen LogP contribution in [0.3, 0.4) is 0 Å². The quantitative estimate of drug-likeness (QED) is 0.306. The van der Waals surface area contributed by atoms with Crippen molar-refractivity contribution in [3.8, 4) is 0 Å². The van der Waals surface area contributed by atoms with Gasteiger partial charge in [0.2, 0.25) is 5.91 Å². The molecule has 0 aliphatic carbocycles. The van der Waals surface area contributed by atoms with Crippen LogP contribution in [0.15, 0.2) is 0 Å². The predicted molar refractivity (Wildman–Crippen MR) is 105 cm³/mol. The zero-order valence-corrected chi connectivity index (χ0v) is 18.3. The van der Waals surface area contributed by atoms with Gasteiger partial charge in [0.15, 0.2) is 0 Å². The molecule has 0 aromatic carbocycles. The number of rotatable bonds is 4. The van der Waals surface area contributed by atoms with Gasteiger partial charge in [-0.1, -0.05) is 0 Å². The number of nitrogens with one attached hydrogen (secondary N) is 2. The lowest BCUT2D eigenvalue weighted by Gasteiger charge is -2.31. The van der Waals surface area contributed by atoms with Crippen LogP contribution in [0.25, 0.3) is 0 Å². The molecule has 3 N–H and O–H groups in total. The zero-order chi connectivity index (χ0) is 23.1. The minimum Gasteiger partial charge on any atom is -0.444 e. The van der Waals surface area contributed by atoms with Gasteiger partial charge in [-0.15, -0.1) is 4.28 Å². The van der Waals surface area contributed by atoms with E-state index in [2.05, 4.69) is 9.60 Å². The van der Waals surface area contributed by atoms with E-state index >= 15 is 0 Å². The molecule has 3 fully saturated rings. The van der Waals surface area contributed by atoms with Gasteiger partial charge >= 0.3 is 22.5 Å². The molecule has 3 atom stereocenters. The molecule has 0 radical (unpaired) electrons. The molecule has 3 heterocycles. The number of carbonyl (C=O) groups is 3. The Kier molecular flexibility index (Phi) is 6.17. The molecule has 0 aromatic heterocycles. The Bertz CT molecular complexity index is 885. The van der Waals surface area contributed by atoms with Gasteiger partial charge in [-0.3, -0.25) is 14.8 Å². The third kappa shape index (κ3) is 5.43. The SMILES string of the molecule is CC(C)(C)OC(=O)N1CC[C@@H](C(=O)NC(=N)[C@@H]2CC[C@@H]3CN2C(=O)N3OS(=O)(=O)O)C1. The summed E-state index contributed by atoms with van der Waals surface area (Å²) < 4.78 is 40.4. The number of ether oxygens (including phenoxy) is 1. The maximum atomic E-state index is 12.6. The number of piperidine rings is 1. The third-order valence-electron chi connectivity index (χ3n) is 5.30. The van der Waals surface area contributed by atoms with Crippen molar-refractivity contribution in [2.24, 2.45) is 5.92 Å². The van der Waals surface area contributed by atoms with Gasteiger partial charge in [0.05, 0.1) is 18.0 Å². The fourth-order valence-electron chi connectivity index (χ4n) is 3.92. The molecule has 0 saturated carbocycles. The number of likely N-dealkylation sites (tertiary alicyclic amines) is 1. The fourth-order valence-corrected chi connectivity index (χ4v) is 4.30. The van der Waals surface area contributed by atoms with Crippen molar-refractivity contribution in [3.63, 3.8) is 0 Å². The summed E-state index contributed by atoms with van der Waals surface area (Å²) in [6.45, 7) is 5.89. The topological polar surface area (TPSA) is 170 Å². The normalized spacial score (nSPS) is 26.3. The second-order valence-electron chi connectivity index (χ2n) is 8.82. The van der Waals surface area contributed by atoms with Crippen molar-refractivity contribution in [1.29, 1.82) is 5.41 Å². The lowest BCUT2D eigenvalue weighted by molar-refractivity contribution is -0.123. The van der Waals surface area contributed by atoms with Crippen LogP contribution in [0, 0.1) is 11.3 Å². The van der Waals surface area contributed by atoms with Crippen LogP contribution in [-0.4, -0.2) is 89.0 Å². The van der Waals surface area contributed by atoms with E-state index in [-0.39, 0.29) is 18.9 Å². The van der Waals surface area contributed by atoms with E-state index in [1.807, 2.05) is 0 Å². The second kappa shape index (κ2) is 8.24. The standard InChI is InChI=1S/C17H27N5O8S/c1-17(2,3)29-16(25)20-7-6-10(8-20)14(23)19-13(18)12-5-4-11-9-21(12)15(24)22(11)30-31(26,27)28/h10-12H,4-9H2,1-3H3,(H2,18,19,23)(H,26,27,28)/t10-,11-,12+/m1/s1. The average Bonchev–Trinajstić information content (AvgIpc) is 3.20. The summed E-state index contributed by atoms with van der Waals surface area (Å²) in [4.78, 5) is 39.9. The number of amides is 4. The molecule has 31 heavy (non-hydrogen) atoms. The number of amidine groups is 1. The summed E-state index contributed by atoms with van der Waals surface area (Å²) in [5.41, 5.74) is -0.645. The molecule has 3 aliphatic rings. The molecule has 3 saturated heterocycles. The summed E-state index contributed by atoms with van der Waals surface area (Å²) in [5.74, 6) is -1.14. The summed E-state index contributed by atoms with van der Waals surface area (Å²) in [6, 6.07) is -2.14. The Morgan fingerprint density at radius 3 is 2.48 bits per heavy atom. The van der Waals surface area contributed by atoms with Crippen LogP contribution in [0.1, 0.15) is 40.0 Å². The minimum atomic E-state index is -4.86. The van der Waals surface area contributed by atoms with E-state index in [1.54, 1.807) is 20.8 Å². The summed E-state index contributed by atoms with van der Waals surface area (Å²) >= 11 is 0. The van der Waals surface area contributed by atoms with E-state index in [0.717, 1.165) is 0 Å². The number of hydrogen-bond acceptors (Lipinski definition) is 8. The van der Waals surface area contributed by atoms with E-state index in [9.17, 15) is 22.8 Å². The molecule has 2 bridgehead atoms. The molecule has 13 nitrogen and oxygen atoms in total. The first kappa shape index (κ1) is 23.2. The number of hydroxylamine groups is 2. The lowest BCUT2D eigenvalue weighted by Crippen LogP contribution is -2.52. The zero-order valence-electron chi connectivity index (χ0n) is 17.5. The third-order valence-corrected chi connectivity index (χ3v) is 5.65. The fraction of sp³-hybridized carbons (Fsp3) is 0.765. The lowest BCUT2D eigenvalue weighted by atomic mass is 9.99. The van der Waals surface area contributed by atoms with Gasteiger partial charge in [-0.2, -0.15) is 13.5 Å². The summed E-state index contributed by atoms with van der Waals surface area (Å²) in [6.07, 6.45) is 0.563. The molecule has 3 aliphatic heterocycles. The first-order valence-electron chi connectivity index (χ1n) is 9.89. The van der Waals surface area contributed by atoms with Gasteiger partial charge in [-0.05, 0) is 40.0 Å². The number of urea groups is 1. The van der Waals surface area contributed by atoms with E-state index in [0.29, 0.717) is 30.9 Å². The van der Waals surface area contributed by atoms with Crippen molar-refractivity contribution < 1.29 is 36.4 Å². The van der Waals surface area contributed by atoms with Crippen molar-refractivity contribution in [2.75, 3.05) is 19.6 Å². The maximum absolute atomic E-state index is 12.6. The van der Waals surface area contributed by atoms with Crippen LogP contribution in [-0.2, 0) is 24.2 Å². The van der Waals surface area contributed by atoms with Crippen LogP contribution in [0.2, 0.25) is 0 Å². The highest BCUT2D eigenvalue weighted by atomic mass is 32.3. The molecule has 0 aromatic rings. The number of hydrogen-bond donors (Lipinski definition) is 3. The average molecular weight is 461 g/mol. The Labute approximate surface area is 180 Å². The summed E-state index contributed by atoms with van der Waals surface area (Å²) in [7, 11) is -4.86. The monoisotopic (exact) mass is 461 g/mol. The molecule has 3 rings (SSSR count). The highest BCUT2D eigenvalue weighted by Gasteiger charge is 2.48. The molecular formula is C17H27N5O8S. The van der Waals surface area contributed by atoms with Crippen LogP contribution in [0.4, 0.5) is 9.59 Å². The molecule has 14 heteroatoms. The van der Waals surface area contributed by atoms with Crippen molar-refractivity contribution in [3.05, 3.63) is 0 Å². The first-order chi connectivity index (χ1) is 14.2. The molecule has 4 amide bonds. The smallest absolute Gasteiger partial charge is 0.418 e. The predicted octanol–water partition coefficient (Wildman–Crippen LogP) is 0.340. The first-order valence-corrected chi connectivity index (χ1v) is 11.3. The molecule has 0 spiro atoms. The molecular weight excluding hydrogens is 434 g/mol. The number of fused-ring (bicyclic) bond motifs is 2. The highest BCUT2D eigenvalue weighted by Crippen LogP contribution is 2.31. The van der Waals surface area contributed by atoms with E-state index in [4.69, 9.17) is 14.7 Å². The number of carbonyl (C=O) groups excluding carboxylic acids is 3.